The van der Waals surface area contributed by atoms with Crippen molar-refractivity contribution in [1.82, 2.24) is 4.98 Å². The van der Waals surface area contributed by atoms with Gasteiger partial charge < -0.3 is 18.9 Å². The van der Waals surface area contributed by atoms with Gasteiger partial charge in [-0.25, -0.2) is 4.98 Å². The molecule has 1 aromatic rings. The predicted molar refractivity (Wildman–Crippen MR) is 73.1 cm³/mol. The van der Waals surface area contributed by atoms with Crippen LogP contribution in [0.1, 0.15) is 13.8 Å². The zero-order valence-corrected chi connectivity index (χ0v) is 12.1. The lowest BCUT2D eigenvalue weighted by molar-refractivity contribution is -0.235. The summed E-state index contributed by atoms with van der Waals surface area (Å²) in [6.45, 7) is 3.85. The van der Waals surface area contributed by atoms with Crippen LogP contribution in [0.5, 0.6) is 11.6 Å². The number of hydrogen-bond donors (Lipinski definition) is 0. The average Bonchev–Trinajstić information content (AvgIpc) is 2.45. The van der Waals surface area contributed by atoms with Gasteiger partial charge >= 0.3 is 11.9 Å². The van der Waals surface area contributed by atoms with E-state index >= 15 is 0 Å². The lowest BCUT2D eigenvalue weighted by Gasteiger charge is -2.31. The van der Waals surface area contributed by atoms with Gasteiger partial charge in [0.15, 0.2) is 11.7 Å². The number of cyclic esters (lactones) is 2. The molecule has 0 bridgehead atoms. The van der Waals surface area contributed by atoms with E-state index in [0.29, 0.717) is 30.5 Å². The minimum Gasteiger partial charge on any atom is -0.484 e. The molecule has 1 saturated heterocycles. The van der Waals surface area contributed by atoms with Gasteiger partial charge in [-0.1, -0.05) is 0 Å². The molecule has 0 aliphatic carbocycles. The summed E-state index contributed by atoms with van der Waals surface area (Å²) in [6.07, 6.45) is 2.63. The van der Waals surface area contributed by atoms with E-state index in [4.69, 9.17) is 18.9 Å². The Labute approximate surface area is 126 Å². The fourth-order valence-corrected chi connectivity index (χ4v) is 2.00. The Morgan fingerprint density at radius 2 is 1.91 bits per heavy atom. The molecule has 116 valence electrons. The molecule has 0 N–H and O–H groups in total. The van der Waals surface area contributed by atoms with Crippen molar-refractivity contribution in [2.24, 2.45) is 10.9 Å². The molecule has 22 heavy (non-hydrogen) atoms. The van der Waals surface area contributed by atoms with E-state index in [1.807, 2.05) is 0 Å². The summed E-state index contributed by atoms with van der Waals surface area (Å²) in [5.74, 6) is -2.98. The number of aliphatic imine (C=N–C) groups is 1. The second-order valence-corrected chi connectivity index (χ2v) is 5.19. The quantitative estimate of drug-likeness (QED) is 0.457. The van der Waals surface area contributed by atoms with Crippen molar-refractivity contribution in [3.05, 3.63) is 12.3 Å². The van der Waals surface area contributed by atoms with Crippen molar-refractivity contribution in [3.8, 4) is 11.6 Å². The molecule has 1 fully saturated rings. The number of aromatic nitrogens is 1. The Morgan fingerprint density at radius 1 is 1.23 bits per heavy atom. The highest BCUT2D eigenvalue weighted by Crippen LogP contribution is 2.31. The van der Waals surface area contributed by atoms with Gasteiger partial charge in [0.2, 0.25) is 0 Å². The maximum absolute atomic E-state index is 11.8. The van der Waals surface area contributed by atoms with Gasteiger partial charge in [0, 0.05) is 26.1 Å². The van der Waals surface area contributed by atoms with E-state index in [-0.39, 0.29) is 0 Å². The first-order chi connectivity index (χ1) is 10.4. The van der Waals surface area contributed by atoms with Crippen LogP contribution in [0.2, 0.25) is 0 Å². The van der Waals surface area contributed by atoms with Crippen LogP contribution in [0.25, 0.3) is 0 Å². The lowest BCUT2D eigenvalue weighted by Crippen LogP contribution is -2.46. The molecule has 8 nitrogen and oxygen atoms in total. The van der Waals surface area contributed by atoms with Crippen LogP contribution < -0.4 is 9.47 Å². The van der Waals surface area contributed by atoms with Crippen molar-refractivity contribution < 1.29 is 28.5 Å². The average molecular weight is 306 g/mol. The molecule has 0 atom stereocenters. The van der Waals surface area contributed by atoms with Crippen LogP contribution in [0.4, 0.5) is 5.69 Å². The third-order valence-corrected chi connectivity index (χ3v) is 2.96. The molecular weight excluding hydrogens is 292 g/mol. The van der Waals surface area contributed by atoms with Gasteiger partial charge in [0.05, 0.1) is 11.9 Å². The molecule has 2 aliphatic rings. The van der Waals surface area contributed by atoms with Gasteiger partial charge in [0.25, 0.3) is 11.7 Å². The maximum atomic E-state index is 11.8. The second-order valence-electron chi connectivity index (χ2n) is 5.19. The Balaban J connectivity index is 1.76. The van der Waals surface area contributed by atoms with E-state index in [2.05, 4.69) is 9.98 Å². The van der Waals surface area contributed by atoms with Crippen molar-refractivity contribution in [1.29, 1.82) is 0 Å². The number of fused-ring (bicyclic) bond motifs is 1. The molecule has 0 aromatic carbocycles. The van der Waals surface area contributed by atoms with E-state index in [9.17, 15) is 9.59 Å². The number of carbonyl (C=O) groups excluding carboxylic acids is 2. The van der Waals surface area contributed by atoms with E-state index in [0.717, 1.165) is 0 Å². The SMILES string of the molecule is CC1(C)OC(=O)C(C=Nc2cnc3c(c2)OCCO3)C(=O)O1. The van der Waals surface area contributed by atoms with Crippen LogP contribution in [0.3, 0.4) is 0 Å². The summed E-state index contributed by atoms with van der Waals surface area (Å²) >= 11 is 0. The molecule has 3 rings (SSSR count). The smallest absolute Gasteiger partial charge is 0.329 e. The zero-order valence-electron chi connectivity index (χ0n) is 12.1. The van der Waals surface area contributed by atoms with Crippen LogP contribution in [-0.4, -0.2) is 42.1 Å². The van der Waals surface area contributed by atoms with E-state index in [1.54, 1.807) is 6.07 Å². The third-order valence-electron chi connectivity index (χ3n) is 2.96. The topological polar surface area (TPSA) is 96.3 Å². The largest absolute Gasteiger partial charge is 0.484 e. The highest BCUT2D eigenvalue weighted by molar-refractivity contribution is 6.10. The molecule has 3 heterocycles. The first-order valence-electron chi connectivity index (χ1n) is 6.70. The first-order valence-corrected chi connectivity index (χ1v) is 6.70. The Kier molecular flexibility index (Phi) is 3.44. The number of ether oxygens (including phenoxy) is 4. The summed E-state index contributed by atoms with van der Waals surface area (Å²) in [5.41, 5.74) is 0.426. The number of esters is 2. The summed E-state index contributed by atoms with van der Waals surface area (Å²) in [6, 6.07) is 1.61. The Hall–Kier alpha value is -2.64. The van der Waals surface area contributed by atoms with Crippen molar-refractivity contribution >= 4 is 23.8 Å². The summed E-state index contributed by atoms with van der Waals surface area (Å²) in [4.78, 5) is 31.7. The van der Waals surface area contributed by atoms with Gasteiger partial charge in [0.1, 0.15) is 13.2 Å². The number of nitrogens with zero attached hydrogens (tertiary/aromatic N) is 2. The minimum absolute atomic E-state index is 0.392. The van der Waals surface area contributed by atoms with Gasteiger partial charge in [-0.3, -0.25) is 14.6 Å². The molecule has 0 spiro atoms. The molecule has 0 saturated carbocycles. The number of pyridine rings is 1. The Bertz CT molecular complexity index is 635. The molecular formula is C14H14N2O6. The van der Waals surface area contributed by atoms with Crippen molar-refractivity contribution in [3.63, 3.8) is 0 Å². The number of rotatable bonds is 2. The molecule has 0 unspecified atom stereocenters. The summed E-state index contributed by atoms with van der Waals surface area (Å²) in [5, 5.41) is 0. The first kappa shape index (κ1) is 14.3. The predicted octanol–water partition coefficient (Wildman–Crippen LogP) is 1.01. The molecule has 8 heteroatoms. The lowest BCUT2D eigenvalue weighted by atomic mass is 10.1. The van der Waals surface area contributed by atoms with Crippen LogP contribution >= 0.6 is 0 Å². The van der Waals surface area contributed by atoms with Crippen molar-refractivity contribution in [2.75, 3.05) is 13.2 Å². The minimum atomic E-state index is -1.25. The van der Waals surface area contributed by atoms with Crippen LogP contribution in [0.15, 0.2) is 17.3 Å². The van der Waals surface area contributed by atoms with E-state index < -0.39 is 23.6 Å². The third kappa shape index (κ3) is 2.85. The number of carbonyl (C=O) groups is 2. The Morgan fingerprint density at radius 3 is 2.64 bits per heavy atom. The zero-order chi connectivity index (χ0) is 15.7. The fourth-order valence-electron chi connectivity index (χ4n) is 2.00. The van der Waals surface area contributed by atoms with Gasteiger partial charge in [-0.2, -0.15) is 0 Å². The standard InChI is InChI=1S/C14H14N2O6/c1-14(2)21-12(17)9(13(18)22-14)7-15-8-5-10-11(16-6-8)20-4-3-19-10/h5-7,9H,3-4H2,1-2H3. The fraction of sp³-hybridized carbons (Fsp3) is 0.429. The molecule has 1 aromatic heterocycles. The van der Waals surface area contributed by atoms with Crippen molar-refractivity contribution in [2.45, 2.75) is 19.6 Å². The van der Waals surface area contributed by atoms with E-state index in [1.165, 1.54) is 26.3 Å². The summed E-state index contributed by atoms with van der Waals surface area (Å²) in [7, 11) is 0. The normalized spacial score (nSPS) is 20.6. The second kappa shape index (κ2) is 5.28. The van der Waals surface area contributed by atoms with Gasteiger partial charge in [-0.05, 0) is 0 Å². The highest BCUT2D eigenvalue weighted by Gasteiger charge is 2.42. The molecule has 0 amide bonds. The maximum Gasteiger partial charge on any atom is 0.329 e. The molecule has 0 radical (unpaired) electrons. The number of hydrogen-bond acceptors (Lipinski definition) is 8. The highest BCUT2D eigenvalue weighted by atomic mass is 16.7. The summed E-state index contributed by atoms with van der Waals surface area (Å²) < 4.78 is 20.7. The monoisotopic (exact) mass is 306 g/mol. The van der Waals surface area contributed by atoms with Crippen LogP contribution in [-0.2, 0) is 19.1 Å². The van der Waals surface area contributed by atoms with Crippen LogP contribution in [0, 0.1) is 5.92 Å². The molecule has 2 aliphatic heterocycles. The van der Waals surface area contributed by atoms with Gasteiger partial charge in [-0.15, -0.1) is 0 Å².